The lowest BCUT2D eigenvalue weighted by molar-refractivity contribution is -0.142. The summed E-state index contributed by atoms with van der Waals surface area (Å²) in [6, 6.07) is -8.72. The molecule has 2 heterocycles. The summed E-state index contributed by atoms with van der Waals surface area (Å²) in [7, 11) is 0. The maximum atomic E-state index is 14.2. The molecule has 9 amide bonds. The van der Waals surface area contributed by atoms with Crippen LogP contribution in [0.3, 0.4) is 0 Å². The van der Waals surface area contributed by atoms with E-state index in [2.05, 4.69) is 52.2 Å². The zero-order valence-electron chi connectivity index (χ0n) is 41.7. The van der Waals surface area contributed by atoms with Crippen LogP contribution in [0.1, 0.15) is 82.7 Å². The molecule has 2 aliphatic rings. The van der Waals surface area contributed by atoms with E-state index in [0.29, 0.717) is 62.9 Å². The summed E-state index contributed by atoms with van der Waals surface area (Å²) in [6.45, 7) is -0.00750. The average molecular weight is 1040 g/mol. The van der Waals surface area contributed by atoms with Gasteiger partial charge in [0.25, 0.3) is 5.91 Å². The number of aliphatic hydroxyl groups excluding tert-OH is 1. The fraction of sp³-hybridized carbons (Fsp3) is 0.622. The highest BCUT2D eigenvalue weighted by molar-refractivity contribution is 6.00. The molecule has 1 fully saturated rings. The topological polar surface area (TPSA) is 511 Å². The number of aromatic nitrogens is 2. The van der Waals surface area contributed by atoms with Gasteiger partial charge in [-0.25, -0.2) is 4.98 Å². The van der Waals surface area contributed by atoms with Crippen LogP contribution >= 0.6 is 0 Å². The number of hydrogen-bond acceptors (Lipinski definition) is 17. The molecule has 1 aliphatic heterocycles. The van der Waals surface area contributed by atoms with Crippen LogP contribution in [0.15, 0.2) is 40.9 Å². The van der Waals surface area contributed by atoms with Gasteiger partial charge in [-0.05, 0) is 95.8 Å². The molecule has 3 rings (SSSR count). The van der Waals surface area contributed by atoms with Crippen LogP contribution in [0, 0.1) is 0 Å². The molecule has 1 aromatic heterocycles. The molecule has 29 heteroatoms. The number of aliphatic imine (C=N–C) groups is 1. The Labute approximate surface area is 428 Å². The largest absolute Gasteiger partial charge is 0.389 e. The van der Waals surface area contributed by atoms with E-state index in [1.807, 2.05) is 0 Å². The lowest BCUT2D eigenvalue weighted by Gasteiger charge is -2.30. The lowest BCUT2D eigenvalue weighted by Crippen LogP contribution is -2.61. The Kier molecular flexibility index (Phi) is 26.7. The van der Waals surface area contributed by atoms with Crippen molar-refractivity contribution >= 4 is 59.1 Å². The van der Waals surface area contributed by atoms with Crippen LogP contribution in [-0.4, -0.2) is 173 Å². The summed E-state index contributed by atoms with van der Waals surface area (Å²) in [5, 5.41) is 28.4. The Bertz CT molecular complexity index is 2150. The molecule has 0 spiro atoms. The first-order valence-electron chi connectivity index (χ1n) is 24.7. The number of carbonyl (C=O) groups excluding carboxylic acids is 9. The standard InChI is InChI=1S/C45H77N19O10/c46-15-3-1-8-27(50)38(68)63-36(33(65)21-49)43(73)62-35(25-13-14-25)42(72)56-23-34(66)58-30(10-5-17-48)44(74)64-19-7-12-32(64)41(71)61-31(20-26-22-54-24-57-26)40(70)60-29(9-2-4-16-47)39(69)59-28(37(51)67)11-6-18-55-45(52)53/h11,13,22,24,27,29-33,35-36,65H,1-10,12,14-21,23,46-50H2,(H2,51,67)(H,54,57)(H,56,72)(H,58,66)(H,59,69)(H,60,70)(H,61,71)(H,62,73)(H,63,68)(H4,52,53,55)/b28-11-/t27-,29-,30+,31-,32-,33-,35-,36-/m0/s1. The Hall–Kier alpha value is -7.05. The summed E-state index contributed by atoms with van der Waals surface area (Å²) in [6.07, 6.45) is 8.00. The highest BCUT2D eigenvalue weighted by atomic mass is 16.3. The number of hydrogen-bond donors (Lipinski definition) is 17. The van der Waals surface area contributed by atoms with E-state index in [1.165, 1.54) is 23.5 Å². The maximum absolute atomic E-state index is 14.2. The molecule has 1 aliphatic carbocycles. The first-order chi connectivity index (χ1) is 35.3. The number of primary amides is 1. The minimum Gasteiger partial charge on any atom is -0.389 e. The summed E-state index contributed by atoms with van der Waals surface area (Å²) < 4.78 is 0. The van der Waals surface area contributed by atoms with Crippen molar-refractivity contribution in [1.82, 2.24) is 52.1 Å². The molecule has 29 nitrogen and oxygen atoms in total. The van der Waals surface area contributed by atoms with Crippen molar-refractivity contribution < 1.29 is 48.3 Å². The fourth-order valence-electron chi connectivity index (χ4n) is 7.79. The molecule has 0 bridgehead atoms. The van der Waals surface area contributed by atoms with Crippen molar-refractivity contribution in [1.29, 1.82) is 0 Å². The molecule has 412 valence electrons. The molecule has 0 saturated carbocycles. The predicted octanol–water partition coefficient (Wildman–Crippen LogP) is -7.39. The van der Waals surface area contributed by atoms with Crippen LogP contribution < -0.4 is 83.1 Å². The SMILES string of the molecule is NCCCC[C@H](NC(=O)[C@H](Cc1cnc[nH]1)NC(=O)[C@@H]1CCCN1C(=O)[C@@H](CCCN)NC(=O)CNC(=O)[C@@H](NC(=O)[C@@H](NC(=O)[C@@H](N)CCCCN)[C@@H](O)CN)C1=CC1)C(=O)N/C(=C\CCN=C(N)N)C(N)=O. The quantitative estimate of drug-likeness (QED) is 0.00987. The van der Waals surface area contributed by atoms with E-state index < -0.39 is 115 Å². The molecule has 0 unspecified atom stereocenters. The van der Waals surface area contributed by atoms with Crippen molar-refractivity contribution in [2.24, 2.45) is 50.9 Å². The molecule has 1 saturated heterocycles. The van der Waals surface area contributed by atoms with Gasteiger partial charge in [-0.3, -0.25) is 48.1 Å². The Balaban J connectivity index is 1.73. The van der Waals surface area contributed by atoms with Gasteiger partial charge >= 0.3 is 0 Å². The molecule has 0 aromatic carbocycles. The zero-order chi connectivity index (χ0) is 54.7. The monoisotopic (exact) mass is 1040 g/mol. The minimum atomic E-state index is -1.57. The van der Waals surface area contributed by atoms with E-state index in [-0.39, 0.29) is 76.2 Å². The number of unbranched alkanes of at least 4 members (excludes halogenated alkanes) is 2. The summed E-state index contributed by atoms with van der Waals surface area (Å²) in [5.74, 6) is -7.26. The first kappa shape index (κ1) is 61.3. The van der Waals surface area contributed by atoms with Crippen molar-refractivity contribution in [2.75, 3.05) is 45.8 Å². The third-order valence-corrected chi connectivity index (χ3v) is 12.0. The summed E-state index contributed by atoms with van der Waals surface area (Å²) in [4.78, 5) is 133. The highest BCUT2D eigenvalue weighted by Gasteiger charge is 2.40. The predicted molar refractivity (Wildman–Crippen MR) is 270 cm³/mol. The number of amides is 9. The fourth-order valence-corrected chi connectivity index (χ4v) is 7.79. The molecule has 25 N–H and O–H groups in total. The van der Waals surface area contributed by atoms with Gasteiger partial charge in [-0.2, -0.15) is 0 Å². The number of nitrogens with two attached hydrogens (primary N) is 8. The number of carbonyl (C=O) groups is 9. The number of guanidine groups is 1. The lowest BCUT2D eigenvalue weighted by atomic mass is 10.1. The second-order valence-electron chi connectivity index (χ2n) is 17.8. The normalized spacial score (nSPS) is 16.9. The van der Waals surface area contributed by atoms with Crippen molar-refractivity contribution in [3.05, 3.63) is 41.6 Å². The molecular formula is C45H77N19O10. The van der Waals surface area contributed by atoms with Crippen molar-refractivity contribution in [3.63, 3.8) is 0 Å². The number of H-pyrrole nitrogens is 1. The first-order valence-corrected chi connectivity index (χ1v) is 24.7. The van der Waals surface area contributed by atoms with E-state index in [4.69, 9.17) is 45.9 Å². The van der Waals surface area contributed by atoms with Gasteiger partial charge in [0.2, 0.25) is 47.3 Å². The van der Waals surface area contributed by atoms with E-state index in [1.54, 1.807) is 6.08 Å². The van der Waals surface area contributed by atoms with E-state index in [0.717, 1.165) is 0 Å². The second-order valence-corrected chi connectivity index (χ2v) is 17.8. The minimum absolute atomic E-state index is 0.0556. The van der Waals surface area contributed by atoms with Gasteiger partial charge in [0, 0.05) is 37.9 Å². The van der Waals surface area contributed by atoms with Crippen LogP contribution in [0.4, 0.5) is 0 Å². The van der Waals surface area contributed by atoms with Crippen LogP contribution in [-0.2, 0) is 49.6 Å². The van der Waals surface area contributed by atoms with Gasteiger partial charge < -0.3 is 98.1 Å². The van der Waals surface area contributed by atoms with Gasteiger partial charge in [-0.1, -0.05) is 18.6 Å². The molecule has 74 heavy (non-hydrogen) atoms. The van der Waals surface area contributed by atoms with Crippen LogP contribution in [0.5, 0.6) is 0 Å². The molecule has 0 radical (unpaired) electrons. The Morgan fingerprint density at radius 1 is 0.797 bits per heavy atom. The van der Waals surface area contributed by atoms with Gasteiger partial charge in [0.05, 0.1) is 25.0 Å². The number of rotatable bonds is 35. The third kappa shape index (κ3) is 20.8. The van der Waals surface area contributed by atoms with Gasteiger partial charge in [-0.15, -0.1) is 0 Å². The average Bonchev–Trinajstić information content (AvgIpc) is 3.84. The maximum Gasteiger partial charge on any atom is 0.264 e. The second kappa shape index (κ2) is 32.2. The van der Waals surface area contributed by atoms with Crippen molar-refractivity contribution in [2.45, 2.75) is 132 Å². The number of aliphatic hydroxyl groups is 1. The van der Waals surface area contributed by atoms with Gasteiger partial charge in [0.15, 0.2) is 5.96 Å². The molecule has 1 aromatic rings. The molecule has 8 atom stereocenters. The number of nitrogens with one attached hydrogen (secondary N) is 8. The van der Waals surface area contributed by atoms with E-state index in [9.17, 15) is 48.3 Å². The van der Waals surface area contributed by atoms with Crippen LogP contribution in [0.2, 0.25) is 0 Å². The number of nitrogens with zero attached hydrogens (tertiary/aromatic N) is 3. The number of imidazole rings is 1. The third-order valence-electron chi connectivity index (χ3n) is 12.0. The zero-order valence-corrected chi connectivity index (χ0v) is 41.7. The van der Waals surface area contributed by atoms with Crippen LogP contribution in [0.25, 0.3) is 0 Å². The summed E-state index contributed by atoms with van der Waals surface area (Å²) in [5.41, 5.74) is 45.5. The Morgan fingerprint density at radius 3 is 2.08 bits per heavy atom. The smallest absolute Gasteiger partial charge is 0.264 e. The van der Waals surface area contributed by atoms with E-state index >= 15 is 0 Å². The van der Waals surface area contributed by atoms with Gasteiger partial charge in [0.1, 0.15) is 41.9 Å². The highest BCUT2D eigenvalue weighted by Crippen LogP contribution is 2.23. The van der Waals surface area contributed by atoms with Crippen molar-refractivity contribution in [3.8, 4) is 0 Å². The number of aromatic amines is 1. The number of allylic oxidation sites excluding steroid dienone is 1. The Morgan fingerprint density at radius 2 is 1.47 bits per heavy atom. The summed E-state index contributed by atoms with van der Waals surface area (Å²) >= 11 is 0. The number of likely N-dealkylation sites (tertiary alicyclic amines) is 1. The molecular weight excluding hydrogens is 967 g/mol.